The van der Waals surface area contributed by atoms with Crippen molar-refractivity contribution in [2.45, 2.75) is 19.9 Å². The quantitative estimate of drug-likeness (QED) is 0.795. The first-order valence-corrected chi connectivity index (χ1v) is 8.20. The molecular formula is C12H20BrN3S. The van der Waals surface area contributed by atoms with Gasteiger partial charge in [0.05, 0.1) is 10.7 Å². The van der Waals surface area contributed by atoms with Gasteiger partial charge in [-0.05, 0) is 26.4 Å². The van der Waals surface area contributed by atoms with Gasteiger partial charge in [0, 0.05) is 36.9 Å². The van der Waals surface area contributed by atoms with Crippen molar-refractivity contribution >= 4 is 27.3 Å². The maximum atomic E-state index is 4.55. The molecule has 2 rings (SSSR count). The van der Waals surface area contributed by atoms with Crippen molar-refractivity contribution in [2.75, 3.05) is 38.1 Å². The van der Waals surface area contributed by atoms with Gasteiger partial charge in [-0.3, -0.25) is 4.90 Å². The average Bonchev–Trinajstić information content (AvgIpc) is 2.58. The summed E-state index contributed by atoms with van der Waals surface area (Å²) >= 11 is 5.27. The lowest BCUT2D eigenvalue weighted by Gasteiger charge is -2.20. The third kappa shape index (κ3) is 4.32. The summed E-state index contributed by atoms with van der Waals surface area (Å²) in [7, 11) is 0. The van der Waals surface area contributed by atoms with Crippen LogP contribution in [0.3, 0.4) is 0 Å². The van der Waals surface area contributed by atoms with E-state index in [1.807, 2.05) is 0 Å². The van der Waals surface area contributed by atoms with Crippen molar-refractivity contribution in [2.24, 2.45) is 0 Å². The number of halogens is 1. The Kier molecular flexibility index (Phi) is 5.41. The summed E-state index contributed by atoms with van der Waals surface area (Å²) in [5.41, 5.74) is 1.24. The van der Waals surface area contributed by atoms with Crippen LogP contribution >= 0.6 is 27.3 Å². The smallest absolute Gasteiger partial charge is 0.0897 e. The van der Waals surface area contributed by atoms with Crippen LogP contribution in [0.15, 0.2) is 5.38 Å². The van der Waals surface area contributed by atoms with Crippen LogP contribution in [-0.2, 0) is 6.54 Å². The van der Waals surface area contributed by atoms with E-state index in [-0.39, 0.29) is 0 Å². The van der Waals surface area contributed by atoms with Crippen molar-refractivity contribution in [3.8, 4) is 0 Å². The zero-order valence-electron chi connectivity index (χ0n) is 10.4. The van der Waals surface area contributed by atoms with E-state index in [2.05, 4.69) is 43.0 Å². The summed E-state index contributed by atoms with van der Waals surface area (Å²) in [4.78, 5) is 9.62. The second-order valence-electron chi connectivity index (χ2n) is 4.52. The molecule has 1 aliphatic heterocycles. The minimum absolute atomic E-state index is 1.02. The first-order valence-electron chi connectivity index (χ1n) is 6.19. The molecule has 1 fully saturated rings. The maximum absolute atomic E-state index is 4.55. The first-order chi connectivity index (χ1) is 8.28. The largest absolute Gasteiger partial charge is 0.301 e. The van der Waals surface area contributed by atoms with Gasteiger partial charge in [-0.15, -0.1) is 11.3 Å². The van der Waals surface area contributed by atoms with E-state index >= 15 is 0 Å². The Morgan fingerprint density at radius 2 is 2.06 bits per heavy atom. The van der Waals surface area contributed by atoms with E-state index in [0.717, 1.165) is 11.9 Å². The van der Waals surface area contributed by atoms with Crippen LogP contribution in [0.1, 0.15) is 17.1 Å². The Labute approximate surface area is 116 Å². The monoisotopic (exact) mass is 317 g/mol. The molecule has 0 amide bonds. The Bertz CT molecular complexity index is 342. The highest BCUT2D eigenvalue weighted by molar-refractivity contribution is 9.09. The molecule has 1 aromatic heterocycles. The van der Waals surface area contributed by atoms with Gasteiger partial charge in [0.25, 0.3) is 0 Å². The molecule has 96 valence electrons. The van der Waals surface area contributed by atoms with Crippen molar-refractivity contribution in [1.82, 2.24) is 14.8 Å². The molecule has 0 saturated carbocycles. The van der Waals surface area contributed by atoms with Gasteiger partial charge in [0.1, 0.15) is 0 Å². The number of alkyl halides is 1. The van der Waals surface area contributed by atoms with Crippen LogP contribution in [0.5, 0.6) is 0 Å². The zero-order chi connectivity index (χ0) is 12.1. The van der Waals surface area contributed by atoms with E-state index in [9.17, 15) is 0 Å². The van der Waals surface area contributed by atoms with Crippen LogP contribution in [0.25, 0.3) is 0 Å². The van der Waals surface area contributed by atoms with Crippen molar-refractivity contribution in [1.29, 1.82) is 0 Å². The summed E-state index contributed by atoms with van der Waals surface area (Å²) in [6, 6.07) is 0. The predicted octanol–water partition coefficient (Wildman–Crippen LogP) is 2.35. The highest BCUT2D eigenvalue weighted by atomic mass is 79.9. The average molecular weight is 318 g/mol. The minimum atomic E-state index is 1.02. The number of nitrogens with zero attached hydrogens (tertiary/aromatic N) is 3. The van der Waals surface area contributed by atoms with E-state index in [0.29, 0.717) is 0 Å². The molecule has 0 unspecified atom stereocenters. The fourth-order valence-electron chi connectivity index (χ4n) is 2.24. The number of aromatic nitrogens is 1. The summed E-state index contributed by atoms with van der Waals surface area (Å²) in [5.74, 6) is 0. The third-order valence-electron chi connectivity index (χ3n) is 3.13. The molecule has 0 spiro atoms. The molecule has 1 saturated heterocycles. The zero-order valence-corrected chi connectivity index (χ0v) is 12.8. The molecule has 1 aromatic rings. The highest BCUT2D eigenvalue weighted by Crippen LogP contribution is 2.12. The summed E-state index contributed by atoms with van der Waals surface area (Å²) < 4.78 is 0. The topological polar surface area (TPSA) is 19.4 Å². The lowest BCUT2D eigenvalue weighted by molar-refractivity contribution is 0.257. The molecule has 3 nitrogen and oxygen atoms in total. The lowest BCUT2D eigenvalue weighted by Crippen LogP contribution is -2.31. The first kappa shape index (κ1) is 13.5. The van der Waals surface area contributed by atoms with Crippen LogP contribution in [0.2, 0.25) is 0 Å². The SMILES string of the molecule is Cc1nc(CN2CCCN(CCBr)CC2)cs1. The van der Waals surface area contributed by atoms with Crippen molar-refractivity contribution in [3.63, 3.8) is 0 Å². The number of aryl methyl sites for hydroxylation is 1. The Morgan fingerprint density at radius 1 is 1.29 bits per heavy atom. The number of hydrogen-bond donors (Lipinski definition) is 0. The summed E-state index contributed by atoms with van der Waals surface area (Å²) in [6.45, 7) is 9.07. The fraction of sp³-hybridized carbons (Fsp3) is 0.750. The van der Waals surface area contributed by atoms with Crippen LogP contribution in [0, 0.1) is 6.92 Å². The maximum Gasteiger partial charge on any atom is 0.0897 e. The molecule has 0 N–H and O–H groups in total. The lowest BCUT2D eigenvalue weighted by atomic mass is 10.3. The molecule has 5 heteroatoms. The molecule has 0 aromatic carbocycles. The van der Waals surface area contributed by atoms with Crippen LogP contribution in [0.4, 0.5) is 0 Å². The Morgan fingerprint density at radius 3 is 2.76 bits per heavy atom. The Balaban J connectivity index is 1.82. The van der Waals surface area contributed by atoms with Crippen LogP contribution in [-0.4, -0.2) is 52.8 Å². The van der Waals surface area contributed by atoms with Gasteiger partial charge in [0.15, 0.2) is 0 Å². The molecule has 2 heterocycles. The summed E-state index contributed by atoms with van der Waals surface area (Å²) in [5, 5.41) is 4.45. The summed E-state index contributed by atoms with van der Waals surface area (Å²) in [6.07, 6.45) is 1.27. The molecule has 0 bridgehead atoms. The predicted molar refractivity (Wildman–Crippen MR) is 77.0 cm³/mol. The van der Waals surface area contributed by atoms with E-state index in [1.54, 1.807) is 11.3 Å². The van der Waals surface area contributed by atoms with Gasteiger partial charge in [-0.25, -0.2) is 4.98 Å². The molecule has 0 radical (unpaired) electrons. The van der Waals surface area contributed by atoms with Gasteiger partial charge >= 0.3 is 0 Å². The number of rotatable bonds is 4. The third-order valence-corrected chi connectivity index (χ3v) is 4.31. The molecule has 0 aliphatic carbocycles. The van der Waals surface area contributed by atoms with E-state index in [4.69, 9.17) is 0 Å². The van der Waals surface area contributed by atoms with Gasteiger partial charge in [-0.2, -0.15) is 0 Å². The van der Waals surface area contributed by atoms with Crippen molar-refractivity contribution < 1.29 is 0 Å². The van der Waals surface area contributed by atoms with Crippen molar-refractivity contribution in [3.05, 3.63) is 16.1 Å². The van der Waals surface area contributed by atoms with E-state index in [1.165, 1.54) is 49.8 Å². The Hall–Kier alpha value is 0.0300. The number of thiazole rings is 1. The normalized spacial score (nSPS) is 19.4. The molecular weight excluding hydrogens is 298 g/mol. The van der Waals surface area contributed by atoms with Gasteiger partial charge in [0.2, 0.25) is 0 Å². The standard InChI is InChI=1S/C12H20BrN3S/c1-11-14-12(10-17-11)9-16-5-2-4-15(6-3-13)7-8-16/h10H,2-9H2,1H3. The van der Waals surface area contributed by atoms with E-state index < -0.39 is 0 Å². The van der Waals surface area contributed by atoms with Crippen LogP contribution < -0.4 is 0 Å². The minimum Gasteiger partial charge on any atom is -0.301 e. The molecule has 17 heavy (non-hydrogen) atoms. The highest BCUT2D eigenvalue weighted by Gasteiger charge is 2.15. The molecule has 0 atom stereocenters. The van der Waals surface area contributed by atoms with Gasteiger partial charge in [-0.1, -0.05) is 15.9 Å². The fourth-order valence-corrected chi connectivity index (χ4v) is 3.34. The number of hydrogen-bond acceptors (Lipinski definition) is 4. The molecule has 1 aliphatic rings. The second-order valence-corrected chi connectivity index (χ2v) is 6.37. The van der Waals surface area contributed by atoms with Gasteiger partial charge < -0.3 is 4.90 Å². The second kappa shape index (κ2) is 6.83.